The molecule has 0 spiro atoms. The summed E-state index contributed by atoms with van der Waals surface area (Å²) in [5, 5.41) is 1.10. The van der Waals surface area contributed by atoms with Crippen molar-refractivity contribution in [1.29, 1.82) is 0 Å². The highest BCUT2D eigenvalue weighted by molar-refractivity contribution is 5.88. The quantitative estimate of drug-likeness (QED) is 0.561. The van der Waals surface area contributed by atoms with E-state index in [0.717, 1.165) is 44.6 Å². The molecule has 136 valence electrons. The number of nitrogens with zero attached hydrogens (tertiary/aromatic N) is 2. The van der Waals surface area contributed by atoms with E-state index in [0.29, 0.717) is 19.0 Å². The molecule has 6 heteroatoms. The Morgan fingerprint density at radius 2 is 1.89 bits per heavy atom. The number of nitrogen functional groups attached to an aromatic ring is 1. The van der Waals surface area contributed by atoms with Crippen LogP contribution in [0.4, 0.5) is 5.82 Å². The van der Waals surface area contributed by atoms with E-state index in [1.807, 2.05) is 37.3 Å². The van der Waals surface area contributed by atoms with E-state index in [9.17, 15) is 0 Å². The summed E-state index contributed by atoms with van der Waals surface area (Å²) in [4.78, 5) is 8.51. The largest absolute Gasteiger partial charge is 0.487 e. The van der Waals surface area contributed by atoms with E-state index in [2.05, 4.69) is 22.1 Å². The third-order valence-electron chi connectivity index (χ3n) is 4.51. The Bertz CT molecular complexity index is 1090. The van der Waals surface area contributed by atoms with Gasteiger partial charge in [-0.25, -0.2) is 9.97 Å². The highest BCUT2D eigenvalue weighted by atomic mass is 16.5. The van der Waals surface area contributed by atoms with Gasteiger partial charge in [-0.05, 0) is 47.9 Å². The minimum atomic E-state index is 0.335. The van der Waals surface area contributed by atoms with Gasteiger partial charge in [-0.3, -0.25) is 0 Å². The maximum absolute atomic E-state index is 5.93. The summed E-state index contributed by atoms with van der Waals surface area (Å²) in [6.07, 6.45) is 2.94. The second kappa shape index (κ2) is 7.09. The number of nitrogens with two attached hydrogens (primary N) is 2. The maximum Gasteiger partial charge on any atom is 0.180 e. The SMILES string of the molecule is Cc1cc(N)nc2cc(-c3ccc(OCc4cocn4)c(CN)c3)ccc12. The number of fused-ring (bicyclic) bond motifs is 1. The first-order chi connectivity index (χ1) is 13.1. The lowest BCUT2D eigenvalue weighted by Crippen LogP contribution is -2.03. The zero-order valence-corrected chi connectivity index (χ0v) is 15.0. The molecule has 0 atom stereocenters. The molecule has 0 saturated heterocycles. The number of ether oxygens (including phenoxy) is 1. The van der Waals surface area contributed by atoms with Crippen molar-refractivity contribution in [2.24, 2.45) is 5.73 Å². The zero-order valence-electron chi connectivity index (χ0n) is 15.0. The average Bonchev–Trinajstić information content (AvgIpc) is 3.19. The summed E-state index contributed by atoms with van der Waals surface area (Å²) in [7, 11) is 0. The molecule has 0 aliphatic rings. The first-order valence-corrected chi connectivity index (χ1v) is 8.64. The molecule has 2 aromatic heterocycles. The van der Waals surface area contributed by atoms with Crippen molar-refractivity contribution in [3.8, 4) is 16.9 Å². The fourth-order valence-electron chi connectivity index (χ4n) is 3.13. The molecule has 2 heterocycles. The van der Waals surface area contributed by atoms with Crippen LogP contribution >= 0.6 is 0 Å². The van der Waals surface area contributed by atoms with Gasteiger partial charge in [-0.15, -0.1) is 0 Å². The van der Waals surface area contributed by atoms with Crippen LogP contribution in [0.2, 0.25) is 0 Å². The molecule has 6 nitrogen and oxygen atoms in total. The van der Waals surface area contributed by atoms with Crippen LogP contribution in [0.3, 0.4) is 0 Å². The summed E-state index contributed by atoms with van der Waals surface area (Å²) in [6, 6.07) is 14.1. The number of benzene rings is 2. The van der Waals surface area contributed by atoms with Crippen molar-refractivity contribution in [2.45, 2.75) is 20.1 Å². The first-order valence-electron chi connectivity index (χ1n) is 8.64. The summed E-state index contributed by atoms with van der Waals surface area (Å²) in [6.45, 7) is 2.74. The van der Waals surface area contributed by atoms with Gasteiger partial charge >= 0.3 is 0 Å². The zero-order chi connectivity index (χ0) is 18.8. The number of anilines is 1. The van der Waals surface area contributed by atoms with Crippen molar-refractivity contribution in [1.82, 2.24) is 9.97 Å². The highest BCUT2D eigenvalue weighted by Crippen LogP contribution is 2.30. The second-order valence-corrected chi connectivity index (χ2v) is 6.39. The van der Waals surface area contributed by atoms with Crippen LogP contribution < -0.4 is 16.2 Å². The molecule has 4 N–H and O–H groups in total. The second-order valence-electron chi connectivity index (χ2n) is 6.39. The van der Waals surface area contributed by atoms with Gasteiger partial charge in [0.2, 0.25) is 0 Å². The van der Waals surface area contributed by atoms with Gasteiger partial charge in [0, 0.05) is 17.5 Å². The van der Waals surface area contributed by atoms with E-state index < -0.39 is 0 Å². The molecule has 0 fully saturated rings. The molecule has 0 amide bonds. The predicted octanol–water partition coefficient (Wildman–Crippen LogP) is 3.82. The van der Waals surface area contributed by atoms with Crippen molar-refractivity contribution in [2.75, 3.05) is 5.73 Å². The van der Waals surface area contributed by atoms with Crippen molar-refractivity contribution in [3.05, 3.63) is 71.9 Å². The maximum atomic E-state index is 5.93. The number of aryl methyl sites for hydroxylation is 1. The molecule has 27 heavy (non-hydrogen) atoms. The molecule has 4 rings (SSSR count). The lowest BCUT2D eigenvalue weighted by Gasteiger charge is -2.12. The number of oxazole rings is 1. The monoisotopic (exact) mass is 360 g/mol. The van der Waals surface area contributed by atoms with Crippen molar-refractivity contribution in [3.63, 3.8) is 0 Å². The van der Waals surface area contributed by atoms with Gasteiger partial charge in [0.1, 0.15) is 30.1 Å². The van der Waals surface area contributed by atoms with Crippen LogP contribution in [0.15, 0.2) is 59.5 Å². The van der Waals surface area contributed by atoms with Crippen LogP contribution in [-0.4, -0.2) is 9.97 Å². The molecule has 0 radical (unpaired) electrons. The smallest absolute Gasteiger partial charge is 0.180 e. The molecular formula is C21H20N4O2. The lowest BCUT2D eigenvalue weighted by atomic mass is 9.99. The van der Waals surface area contributed by atoms with Crippen LogP contribution in [0.25, 0.3) is 22.0 Å². The van der Waals surface area contributed by atoms with Crippen LogP contribution in [0, 0.1) is 6.92 Å². The molecular weight excluding hydrogens is 340 g/mol. The van der Waals surface area contributed by atoms with Gasteiger partial charge < -0.3 is 20.6 Å². The predicted molar refractivity (Wildman–Crippen MR) is 105 cm³/mol. The van der Waals surface area contributed by atoms with Crippen molar-refractivity contribution < 1.29 is 9.15 Å². The number of pyridine rings is 1. The normalized spacial score (nSPS) is 11.0. The molecule has 0 aliphatic carbocycles. The summed E-state index contributed by atoms with van der Waals surface area (Å²) in [5.74, 6) is 1.26. The fourth-order valence-corrected chi connectivity index (χ4v) is 3.13. The molecule has 0 saturated carbocycles. The Morgan fingerprint density at radius 3 is 2.67 bits per heavy atom. The minimum absolute atomic E-state index is 0.335. The van der Waals surface area contributed by atoms with E-state index in [-0.39, 0.29) is 0 Å². The highest BCUT2D eigenvalue weighted by Gasteiger charge is 2.09. The van der Waals surface area contributed by atoms with Crippen LogP contribution in [0.1, 0.15) is 16.8 Å². The third-order valence-corrected chi connectivity index (χ3v) is 4.51. The Morgan fingerprint density at radius 1 is 1.07 bits per heavy atom. The van der Waals surface area contributed by atoms with Crippen LogP contribution in [-0.2, 0) is 13.2 Å². The van der Waals surface area contributed by atoms with E-state index in [1.165, 1.54) is 6.39 Å². The molecule has 0 bridgehead atoms. The number of hydrogen-bond acceptors (Lipinski definition) is 6. The van der Waals surface area contributed by atoms with Gasteiger partial charge in [0.05, 0.1) is 5.52 Å². The third kappa shape index (κ3) is 3.47. The van der Waals surface area contributed by atoms with Gasteiger partial charge in [0.25, 0.3) is 0 Å². The molecule has 4 aromatic rings. The van der Waals surface area contributed by atoms with Gasteiger partial charge in [-0.2, -0.15) is 0 Å². The topological polar surface area (TPSA) is 100 Å². The van der Waals surface area contributed by atoms with Crippen molar-refractivity contribution >= 4 is 16.7 Å². The Balaban J connectivity index is 1.66. The number of rotatable bonds is 5. The standard InChI is InChI=1S/C21H20N4O2/c1-13-6-21(23)25-19-8-15(2-4-18(13)19)14-3-5-20(16(7-14)9-22)27-11-17-10-26-12-24-17/h2-8,10,12H,9,11,22H2,1H3,(H2,23,25). The minimum Gasteiger partial charge on any atom is -0.487 e. The first kappa shape index (κ1) is 17.1. The number of aromatic nitrogens is 2. The number of hydrogen-bond donors (Lipinski definition) is 2. The summed E-state index contributed by atoms with van der Waals surface area (Å²) in [5.41, 5.74) is 17.6. The average molecular weight is 360 g/mol. The van der Waals surface area contributed by atoms with Gasteiger partial charge in [0.15, 0.2) is 6.39 Å². The molecule has 0 unspecified atom stereocenters. The lowest BCUT2D eigenvalue weighted by molar-refractivity contribution is 0.298. The Hall–Kier alpha value is -3.38. The van der Waals surface area contributed by atoms with Crippen LogP contribution in [0.5, 0.6) is 5.75 Å². The molecule has 2 aromatic carbocycles. The van der Waals surface area contributed by atoms with E-state index >= 15 is 0 Å². The Kier molecular flexibility index (Phi) is 4.48. The Labute approximate surface area is 156 Å². The summed E-state index contributed by atoms with van der Waals surface area (Å²) >= 11 is 0. The summed E-state index contributed by atoms with van der Waals surface area (Å²) < 4.78 is 10.8. The van der Waals surface area contributed by atoms with Gasteiger partial charge in [-0.1, -0.05) is 18.2 Å². The van der Waals surface area contributed by atoms with E-state index in [4.69, 9.17) is 20.6 Å². The molecule has 0 aliphatic heterocycles. The fraction of sp³-hybridized carbons (Fsp3) is 0.143. The van der Waals surface area contributed by atoms with E-state index in [1.54, 1.807) is 6.26 Å².